The lowest BCUT2D eigenvalue weighted by molar-refractivity contribution is -0.137. The maximum Gasteiger partial charge on any atom is 0.303 e. The van der Waals surface area contributed by atoms with Crippen molar-refractivity contribution in [3.8, 4) is 0 Å². The summed E-state index contributed by atoms with van der Waals surface area (Å²) in [5.41, 5.74) is 0.656. The molecule has 2 N–H and O–H groups in total. The maximum absolute atomic E-state index is 12.9. The molecule has 0 bridgehead atoms. The minimum atomic E-state index is -0.770. The van der Waals surface area contributed by atoms with E-state index in [1.807, 2.05) is 0 Å². The standard InChI is InChI=1S/C15H20FNO3/c16-13-7-5-6-12(10-13)11-14(18)17-9-4-2-1-3-8-15(19)20/h5-7,10H,1-4,8-9,11H2,(H,17,18)(H,19,20). The number of hydrogen-bond acceptors (Lipinski definition) is 2. The Hall–Kier alpha value is -1.91. The van der Waals surface area contributed by atoms with Gasteiger partial charge in [-0.1, -0.05) is 25.0 Å². The first-order valence-electron chi connectivity index (χ1n) is 6.81. The molecule has 4 nitrogen and oxygen atoms in total. The number of halogens is 1. The van der Waals surface area contributed by atoms with Gasteiger partial charge in [-0.25, -0.2) is 4.39 Å². The fraction of sp³-hybridized carbons (Fsp3) is 0.467. The zero-order chi connectivity index (χ0) is 14.8. The number of aliphatic carboxylic acids is 1. The van der Waals surface area contributed by atoms with Crippen molar-refractivity contribution in [1.29, 1.82) is 0 Å². The molecular weight excluding hydrogens is 261 g/mol. The number of carboxylic acids is 1. The van der Waals surface area contributed by atoms with Gasteiger partial charge in [0, 0.05) is 13.0 Å². The predicted octanol–water partition coefficient (Wildman–Crippen LogP) is 2.52. The molecule has 0 saturated heterocycles. The van der Waals surface area contributed by atoms with Crippen LogP contribution in [0.4, 0.5) is 4.39 Å². The molecule has 110 valence electrons. The van der Waals surface area contributed by atoms with Crippen LogP contribution < -0.4 is 5.32 Å². The summed E-state index contributed by atoms with van der Waals surface area (Å²) in [5, 5.41) is 11.2. The van der Waals surface area contributed by atoms with Crippen LogP contribution in [0.1, 0.15) is 37.7 Å². The fourth-order valence-corrected chi connectivity index (χ4v) is 1.88. The molecule has 0 radical (unpaired) electrons. The average molecular weight is 281 g/mol. The van der Waals surface area contributed by atoms with Crippen molar-refractivity contribution in [2.75, 3.05) is 6.54 Å². The van der Waals surface area contributed by atoms with E-state index in [-0.39, 0.29) is 24.6 Å². The largest absolute Gasteiger partial charge is 0.481 e. The highest BCUT2D eigenvalue weighted by molar-refractivity contribution is 5.78. The van der Waals surface area contributed by atoms with Crippen LogP contribution >= 0.6 is 0 Å². The van der Waals surface area contributed by atoms with E-state index in [0.29, 0.717) is 18.5 Å². The lowest BCUT2D eigenvalue weighted by Crippen LogP contribution is -2.26. The molecule has 20 heavy (non-hydrogen) atoms. The number of benzene rings is 1. The first-order chi connectivity index (χ1) is 9.58. The maximum atomic E-state index is 12.9. The summed E-state index contributed by atoms with van der Waals surface area (Å²) < 4.78 is 12.9. The molecule has 1 rings (SSSR count). The lowest BCUT2D eigenvalue weighted by Gasteiger charge is -2.05. The molecule has 0 atom stereocenters. The van der Waals surface area contributed by atoms with Crippen LogP contribution in [0.5, 0.6) is 0 Å². The number of rotatable bonds is 9. The van der Waals surface area contributed by atoms with E-state index in [1.54, 1.807) is 12.1 Å². The minimum Gasteiger partial charge on any atom is -0.481 e. The van der Waals surface area contributed by atoms with Gasteiger partial charge in [0.05, 0.1) is 6.42 Å². The molecule has 0 aromatic heterocycles. The van der Waals surface area contributed by atoms with Gasteiger partial charge in [-0.15, -0.1) is 0 Å². The van der Waals surface area contributed by atoms with E-state index in [0.717, 1.165) is 19.3 Å². The highest BCUT2D eigenvalue weighted by atomic mass is 19.1. The van der Waals surface area contributed by atoms with Crippen molar-refractivity contribution in [1.82, 2.24) is 5.32 Å². The highest BCUT2D eigenvalue weighted by Crippen LogP contribution is 2.05. The van der Waals surface area contributed by atoms with Crippen LogP contribution in [-0.4, -0.2) is 23.5 Å². The van der Waals surface area contributed by atoms with Gasteiger partial charge in [0.25, 0.3) is 0 Å². The van der Waals surface area contributed by atoms with Crippen LogP contribution in [0.2, 0.25) is 0 Å². The third-order valence-electron chi connectivity index (χ3n) is 2.89. The minimum absolute atomic E-state index is 0.124. The van der Waals surface area contributed by atoms with Crippen molar-refractivity contribution in [2.45, 2.75) is 38.5 Å². The smallest absolute Gasteiger partial charge is 0.303 e. The summed E-state index contributed by atoms with van der Waals surface area (Å²) >= 11 is 0. The van der Waals surface area contributed by atoms with Gasteiger partial charge in [0.15, 0.2) is 0 Å². The summed E-state index contributed by atoms with van der Waals surface area (Å²) in [6.07, 6.45) is 3.63. The number of carboxylic acid groups (broad SMARTS) is 1. The van der Waals surface area contributed by atoms with E-state index in [9.17, 15) is 14.0 Å². The Bertz CT molecular complexity index is 448. The fourth-order valence-electron chi connectivity index (χ4n) is 1.88. The Morgan fingerprint density at radius 1 is 1.15 bits per heavy atom. The molecule has 0 aliphatic rings. The molecule has 0 unspecified atom stereocenters. The molecular formula is C15H20FNO3. The third kappa shape index (κ3) is 7.51. The summed E-state index contributed by atoms with van der Waals surface area (Å²) in [4.78, 5) is 21.9. The van der Waals surface area contributed by atoms with Gasteiger partial charge in [0.1, 0.15) is 5.82 Å². The molecule has 0 aliphatic carbocycles. The Kier molecular flexibility index (Phi) is 7.32. The van der Waals surface area contributed by atoms with Gasteiger partial charge in [0.2, 0.25) is 5.91 Å². The number of unbranched alkanes of at least 4 members (excludes halogenated alkanes) is 3. The van der Waals surface area contributed by atoms with Crippen molar-refractivity contribution in [2.24, 2.45) is 0 Å². The quantitative estimate of drug-likeness (QED) is 0.683. The molecule has 0 saturated carbocycles. The molecule has 1 aromatic carbocycles. The Labute approximate surface area is 118 Å². The molecule has 1 amide bonds. The average Bonchev–Trinajstić information content (AvgIpc) is 2.37. The van der Waals surface area contributed by atoms with Gasteiger partial charge < -0.3 is 10.4 Å². The van der Waals surface area contributed by atoms with Crippen molar-refractivity contribution < 1.29 is 19.1 Å². The summed E-state index contributed by atoms with van der Waals surface area (Å²) in [6, 6.07) is 6.00. The Morgan fingerprint density at radius 3 is 2.60 bits per heavy atom. The molecule has 0 aliphatic heterocycles. The van der Waals surface area contributed by atoms with E-state index in [1.165, 1.54) is 12.1 Å². The van der Waals surface area contributed by atoms with Gasteiger partial charge in [-0.2, -0.15) is 0 Å². The Balaban J connectivity index is 2.07. The first kappa shape index (κ1) is 16.1. The SMILES string of the molecule is O=C(O)CCCCCCNC(=O)Cc1cccc(F)c1. The number of carbonyl (C=O) groups is 2. The van der Waals surface area contributed by atoms with Crippen molar-refractivity contribution in [3.63, 3.8) is 0 Å². The molecule has 0 spiro atoms. The van der Waals surface area contributed by atoms with Crippen LogP contribution in [0, 0.1) is 5.82 Å². The van der Waals surface area contributed by atoms with E-state index in [4.69, 9.17) is 5.11 Å². The van der Waals surface area contributed by atoms with E-state index >= 15 is 0 Å². The number of carbonyl (C=O) groups excluding carboxylic acids is 1. The predicted molar refractivity (Wildman–Crippen MR) is 73.8 cm³/mol. The molecule has 5 heteroatoms. The zero-order valence-electron chi connectivity index (χ0n) is 11.4. The van der Waals surface area contributed by atoms with Crippen LogP contribution in [0.15, 0.2) is 24.3 Å². The zero-order valence-corrected chi connectivity index (χ0v) is 11.4. The van der Waals surface area contributed by atoms with Gasteiger partial charge in [-0.05, 0) is 30.5 Å². The molecule has 0 fully saturated rings. The first-order valence-corrected chi connectivity index (χ1v) is 6.81. The Morgan fingerprint density at radius 2 is 1.90 bits per heavy atom. The van der Waals surface area contributed by atoms with E-state index in [2.05, 4.69) is 5.32 Å². The number of hydrogen-bond donors (Lipinski definition) is 2. The van der Waals surface area contributed by atoms with Gasteiger partial charge in [-0.3, -0.25) is 9.59 Å². The lowest BCUT2D eigenvalue weighted by atomic mass is 10.1. The van der Waals surface area contributed by atoms with Crippen LogP contribution in [0.3, 0.4) is 0 Å². The second kappa shape index (κ2) is 9.07. The van der Waals surface area contributed by atoms with Crippen molar-refractivity contribution in [3.05, 3.63) is 35.6 Å². The topological polar surface area (TPSA) is 66.4 Å². The second-order valence-corrected chi connectivity index (χ2v) is 4.71. The number of amides is 1. The number of nitrogens with one attached hydrogen (secondary N) is 1. The normalized spacial score (nSPS) is 10.2. The monoisotopic (exact) mass is 281 g/mol. The van der Waals surface area contributed by atoms with E-state index < -0.39 is 5.97 Å². The summed E-state index contributed by atoms with van der Waals surface area (Å²) in [5.74, 6) is -1.23. The molecule has 0 heterocycles. The molecule has 1 aromatic rings. The second-order valence-electron chi connectivity index (χ2n) is 4.71. The summed E-state index contributed by atoms with van der Waals surface area (Å²) in [7, 11) is 0. The van der Waals surface area contributed by atoms with Crippen LogP contribution in [-0.2, 0) is 16.0 Å². The van der Waals surface area contributed by atoms with Gasteiger partial charge >= 0.3 is 5.97 Å². The van der Waals surface area contributed by atoms with Crippen LogP contribution in [0.25, 0.3) is 0 Å². The van der Waals surface area contributed by atoms with Crippen molar-refractivity contribution >= 4 is 11.9 Å². The third-order valence-corrected chi connectivity index (χ3v) is 2.89. The summed E-state index contributed by atoms with van der Waals surface area (Å²) in [6.45, 7) is 0.571. The highest BCUT2D eigenvalue weighted by Gasteiger charge is 2.03.